The highest BCUT2D eigenvalue weighted by atomic mass is 35.5. The highest BCUT2D eigenvalue weighted by Gasteiger charge is 2.05. The Balaban J connectivity index is 2.49. The minimum Gasteiger partial charge on any atom is -0.481 e. The third-order valence-corrected chi connectivity index (χ3v) is 2.56. The van der Waals surface area contributed by atoms with Gasteiger partial charge in [-0.1, -0.05) is 17.7 Å². The van der Waals surface area contributed by atoms with Crippen LogP contribution in [0.4, 0.5) is 5.69 Å². The number of anilines is 1. The average Bonchev–Trinajstić information content (AvgIpc) is 2.29. The minimum atomic E-state index is 0.561. The van der Waals surface area contributed by atoms with Gasteiger partial charge in [0, 0.05) is 23.5 Å². The van der Waals surface area contributed by atoms with Gasteiger partial charge >= 0.3 is 0 Å². The lowest BCUT2D eigenvalue weighted by Crippen LogP contribution is -1.89. The Morgan fingerprint density at radius 2 is 2.06 bits per heavy atom. The summed E-state index contributed by atoms with van der Waals surface area (Å²) in [6, 6.07) is 9.13. The topological polar surface area (TPSA) is 48.1 Å². The molecule has 16 heavy (non-hydrogen) atoms. The van der Waals surface area contributed by atoms with Gasteiger partial charge in [-0.3, -0.25) is 0 Å². The van der Waals surface area contributed by atoms with E-state index < -0.39 is 0 Å². The van der Waals surface area contributed by atoms with E-state index in [0.29, 0.717) is 16.6 Å². The first-order chi connectivity index (χ1) is 7.70. The van der Waals surface area contributed by atoms with Gasteiger partial charge in [0.1, 0.15) is 0 Å². The molecule has 82 valence electrons. The van der Waals surface area contributed by atoms with Crippen LogP contribution in [-0.2, 0) is 0 Å². The molecule has 0 spiro atoms. The lowest BCUT2D eigenvalue weighted by molar-refractivity contribution is 0.398. The summed E-state index contributed by atoms with van der Waals surface area (Å²) in [6.45, 7) is 0. The number of nitrogens with two attached hydrogens (primary N) is 1. The molecule has 1 heterocycles. The Morgan fingerprint density at radius 1 is 1.25 bits per heavy atom. The quantitative estimate of drug-likeness (QED) is 0.813. The zero-order valence-electron chi connectivity index (χ0n) is 8.77. The number of halogens is 1. The van der Waals surface area contributed by atoms with Gasteiger partial charge in [-0.15, -0.1) is 0 Å². The van der Waals surface area contributed by atoms with E-state index in [1.807, 2.05) is 24.3 Å². The van der Waals surface area contributed by atoms with Gasteiger partial charge < -0.3 is 10.5 Å². The summed E-state index contributed by atoms with van der Waals surface area (Å²) >= 11 is 6.12. The molecule has 1 aromatic carbocycles. The number of nitrogen functional groups attached to an aromatic ring is 1. The van der Waals surface area contributed by atoms with E-state index in [0.717, 1.165) is 11.1 Å². The summed E-state index contributed by atoms with van der Waals surface area (Å²) in [6.07, 6.45) is 1.68. The molecule has 2 N–H and O–H groups in total. The molecule has 3 nitrogen and oxygen atoms in total. The summed E-state index contributed by atoms with van der Waals surface area (Å²) in [5.41, 5.74) is 8.16. The van der Waals surface area contributed by atoms with Crippen molar-refractivity contribution in [3.63, 3.8) is 0 Å². The summed E-state index contributed by atoms with van der Waals surface area (Å²) in [5.74, 6) is 0.561. The Labute approximate surface area is 98.8 Å². The van der Waals surface area contributed by atoms with Crippen molar-refractivity contribution in [2.45, 2.75) is 0 Å². The lowest BCUT2D eigenvalue weighted by atomic mass is 10.1. The lowest BCUT2D eigenvalue weighted by Gasteiger charge is -2.06. The van der Waals surface area contributed by atoms with Gasteiger partial charge in [-0.25, -0.2) is 4.98 Å². The van der Waals surface area contributed by atoms with Crippen LogP contribution in [0.15, 0.2) is 36.5 Å². The number of pyridine rings is 1. The van der Waals surface area contributed by atoms with Crippen molar-refractivity contribution in [1.29, 1.82) is 0 Å². The van der Waals surface area contributed by atoms with E-state index >= 15 is 0 Å². The molecule has 0 amide bonds. The van der Waals surface area contributed by atoms with Crippen molar-refractivity contribution >= 4 is 17.3 Å². The summed E-state index contributed by atoms with van der Waals surface area (Å²) in [5, 5.41) is 0.619. The Kier molecular flexibility index (Phi) is 2.97. The van der Waals surface area contributed by atoms with Crippen LogP contribution < -0.4 is 10.5 Å². The Bertz CT molecular complexity index is 514. The number of hydrogen-bond donors (Lipinski definition) is 1. The number of rotatable bonds is 2. The van der Waals surface area contributed by atoms with Gasteiger partial charge in [-0.05, 0) is 23.8 Å². The normalized spacial score (nSPS) is 10.1. The van der Waals surface area contributed by atoms with E-state index in [9.17, 15) is 0 Å². The second-order valence-corrected chi connectivity index (χ2v) is 3.73. The predicted octanol–water partition coefficient (Wildman–Crippen LogP) is 2.99. The standard InChI is InChI=1S/C12H11ClN2O/c1-16-12-6-8(4-5-15-12)10-3-2-9(14)7-11(10)13/h2-7H,14H2,1H3. The molecule has 0 aliphatic heterocycles. The monoisotopic (exact) mass is 234 g/mol. The van der Waals surface area contributed by atoms with Crippen LogP contribution in [0.5, 0.6) is 5.88 Å². The molecule has 0 atom stereocenters. The maximum atomic E-state index is 6.12. The van der Waals surface area contributed by atoms with Gasteiger partial charge in [0.25, 0.3) is 0 Å². The van der Waals surface area contributed by atoms with Crippen molar-refractivity contribution in [2.24, 2.45) is 0 Å². The molecule has 4 heteroatoms. The number of aromatic nitrogens is 1. The van der Waals surface area contributed by atoms with E-state index in [4.69, 9.17) is 22.1 Å². The smallest absolute Gasteiger partial charge is 0.213 e. The SMILES string of the molecule is COc1cc(-c2ccc(N)cc2Cl)ccn1. The van der Waals surface area contributed by atoms with Crippen LogP contribution in [0, 0.1) is 0 Å². The highest BCUT2D eigenvalue weighted by molar-refractivity contribution is 6.33. The van der Waals surface area contributed by atoms with E-state index in [1.54, 1.807) is 19.4 Å². The first-order valence-corrected chi connectivity index (χ1v) is 5.14. The van der Waals surface area contributed by atoms with Gasteiger partial charge in [0.05, 0.1) is 12.1 Å². The molecule has 0 saturated heterocycles. The summed E-state index contributed by atoms with van der Waals surface area (Å²) in [7, 11) is 1.58. The van der Waals surface area contributed by atoms with E-state index in [2.05, 4.69) is 4.98 Å². The van der Waals surface area contributed by atoms with Crippen molar-refractivity contribution in [2.75, 3.05) is 12.8 Å². The third-order valence-electron chi connectivity index (χ3n) is 2.25. The minimum absolute atomic E-state index is 0.561. The summed E-state index contributed by atoms with van der Waals surface area (Å²) in [4.78, 5) is 4.04. The van der Waals surface area contributed by atoms with Crippen LogP contribution in [0.3, 0.4) is 0 Å². The number of hydrogen-bond acceptors (Lipinski definition) is 3. The number of benzene rings is 1. The Morgan fingerprint density at radius 3 is 2.75 bits per heavy atom. The van der Waals surface area contributed by atoms with Gasteiger partial charge in [0.15, 0.2) is 0 Å². The van der Waals surface area contributed by atoms with Crippen molar-refractivity contribution in [3.05, 3.63) is 41.6 Å². The molecular formula is C12H11ClN2O. The fourth-order valence-electron chi connectivity index (χ4n) is 1.45. The van der Waals surface area contributed by atoms with Crippen LogP contribution in [0.1, 0.15) is 0 Å². The van der Waals surface area contributed by atoms with Gasteiger partial charge in [-0.2, -0.15) is 0 Å². The molecule has 0 bridgehead atoms. The third kappa shape index (κ3) is 2.09. The van der Waals surface area contributed by atoms with Crippen LogP contribution >= 0.6 is 11.6 Å². The summed E-state index contributed by atoms with van der Waals surface area (Å²) < 4.78 is 5.06. The second-order valence-electron chi connectivity index (χ2n) is 3.33. The average molecular weight is 235 g/mol. The Hall–Kier alpha value is -1.74. The van der Waals surface area contributed by atoms with Gasteiger partial charge in [0.2, 0.25) is 5.88 Å². The largest absolute Gasteiger partial charge is 0.481 e. The number of ether oxygens (including phenoxy) is 1. The first kappa shape index (κ1) is 10.8. The van der Waals surface area contributed by atoms with E-state index in [-0.39, 0.29) is 0 Å². The number of methoxy groups -OCH3 is 1. The fourth-order valence-corrected chi connectivity index (χ4v) is 1.75. The van der Waals surface area contributed by atoms with Crippen LogP contribution in [-0.4, -0.2) is 12.1 Å². The van der Waals surface area contributed by atoms with E-state index in [1.165, 1.54) is 0 Å². The molecule has 2 aromatic rings. The molecule has 0 aliphatic rings. The number of nitrogens with zero attached hydrogens (tertiary/aromatic N) is 1. The fraction of sp³-hybridized carbons (Fsp3) is 0.0833. The maximum Gasteiger partial charge on any atom is 0.213 e. The van der Waals surface area contributed by atoms with Crippen molar-refractivity contribution in [1.82, 2.24) is 4.98 Å². The zero-order valence-corrected chi connectivity index (χ0v) is 9.53. The molecule has 1 aromatic heterocycles. The first-order valence-electron chi connectivity index (χ1n) is 4.76. The predicted molar refractivity (Wildman–Crippen MR) is 65.6 cm³/mol. The van der Waals surface area contributed by atoms with Crippen molar-refractivity contribution < 1.29 is 4.74 Å². The molecule has 0 unspecified atom stereocenters. The van der Waals surface area contributed by atoms with Crippen LogP contribution in [0.25, 0.3) is 11.1 Å². The second kappa shape index (κ2) is 4.41. The van der Waals surface area contributed by atoms with Crippen LogP contribution in [0.2, 0.25) is 5.02 Å². The molecule has 0 radical (unpaired) electrons. The molecule has 0 fully saturated rings. The zero-order chi connectivity index (χ0) is 11.5. The molecule has 0 saturated carbocycles. The highest BCUT2D eigenvalue weighted by Crippen LogP contribution is 2.30. The molecule has 0 aliphatic carbocycles. The maximum absolute atomic E-state index is 6.12. The van der Waals surface area contributed by atoms with Crippen molar-refractivity contribution in [3.8, 4) is 17.0 Å². The molecule has 2 rings (SSSR count). The molecular weight excluding hydrogens is 224 g/mol.